The van der Waals surface area contributed by atoms with Crippen molar-refractivity contribution in [1.82, 2.24) is 15.0 Å². The molecule has 0 bridgehead atoms. The minimum absolute atomic E-state index is 0.0204. The van der Waals surface area contributed by atoms with Crippen molar-refractivity contribution in [3.8, 4) is 11.4 Å². The first-order valence-electron chi connectivity index (χ1n) is 8.79. The van der Waals surface area contributed by atoms with E-state index in [1.54, 1.807) is 24.5 Å². The second-order valence-corrected chi connectivity index (χ2v) is 7.72. The Balaban J connectivity index is 1.96. The summed E-state index contributed by atoms with van der Waals surface area (Å²) in [6.45, 7) is 3.17. The molecular formula is C20H22N4O3S. The summed E-state index contributed by atoms with van der Waals surface area (Å²) in [5, 5.41) is 30.4. The molecule has 0 aliphatic rings. The van der Waals surface area contributed by atoms with Crippen LogP contribution in [0.4, 0.5) is 0 Å². The number of aliphatic hydroxyl groups excluding tert-OH is 1. The van der Waals surface area contributed by atoms with Crippen molar-refractivity contribution in [2.24, 2.45) is 5.73 Å². The summed E-state index contributed by atoms with van der Waals surface area (Å²) >= 11 is 1.34. The summed E-state index contributed by atoms with van der Waals surface area (Å²) in [6.07, 6.45) is 0. The van der Waals surface area contributed by atoms with Gasteiger partial charge in [0.25, 0.3) is 0 Å². The molecule has 0 amide bonds. The van der Waals surface area contributed by atoms with Gasteiger partial charge in [-0.2, -0.15) is 0 Å². The standard InChI is InChI=1S/C20H22N4O3S/c1-12(11-28-13(2)21)20(27)15(10-25)14-7-8-19(26)18(9-14)24-22-16-5-3-4-6-17(16)23-24/h3-9,11,13,15,25-26H,10,21H2,1-2H3. The van der Waals surface area contributed by atoms with Crippen LogP contribution in [0.1, 0.15) is 25.3 Å². The minimum Gasteiger partial charge on any atom is -0.506 e. The smallest absolute Gasteiger partial charge is 0.168 e. The number of carbonyl (C=O) groups is 1. The molecule has 7 nitrogen and oxygen atoms in total. The lowest BCUT2D eigenvalue weighted by Crippen LogP contribution is -2.18. The van der Waals surface area contributed by atoms with Gasteiger partial charge < -0.3 is 15.9 Å². The number of carbonyl (C=O) groups excluding carboxylic acids is 1. The van der Waals surface area contributed by atoms with E-state index in [4.69, 9.17) is 5.73 Å². The molecular weight excluding hydrogens is 376 g/mol. The number of benzene rings is 2. The van der Waals surface area contributed by atoms with E-state index in [1.165, 1.54) is 22.6 Å². The fourth-order valence-corrected chi connectivity index (χ4v) is 3.30. The number of rotatable bonds is 7. The lowest BCUT2D eigenvalue weighted by atomic mass is 9.92. The first-order valence-corrected chi connectivity index (χ1v) is 9.73. The molecule has 0 saturated carbocycles. The Morgan fingerprint density at radius 3 is 2.46 bits per heavy atom. The summed E-state index contributed by atoms with van der Waals surface area (Å²) in [6, 6.07) is 12.1. The number of aromatic nitrogens is 3. The fraction of sp³-hybridized carbons (Fsp3) is 0.250. The molecule has 0 fully saturated rings. The monoisotopic (exact) mass is 398 g/mol. The van der Waals surface area contributed by atoms with Crippen LogP contribution in [0.25, 0.3) is 16.7 Å². The lowest BCUT2D eigenvalue weighted by molar-refractivity contribution is -0.117. The Morgan fingerprint density at radius 1 is 1.25 bits per heavy atom. The van der Waals surface area contributed by atoms with Gasteiger partial charge in [-0.15, -0.1) is 26.8 Å². The third-order valence-electron chi connectivity index (χ3n) is 4.25. The van der Waals surface area contributed by atoms with E-state index < -0.39 is 5.92 Å². The Labute approximate surface area is 166 Å². The van der Waals surface area contributed by atoms with E-state index in [1.807, 2.05) is 31.2 Å². The van der Waals surface area contributed by atoms with E-state index in [-0.39, 0.29) is 23.5 Å². The van der Waals surface area contributed by atoms with Crippen molar-refractivity contribution in [1.29, 1.82) is 0 Å². The van der Waals surface area contributed by atoms with Crippen LogP contribution < -0.4 is 5.73 Å². The number of ketones is 1. The van der Waals surface area contributed by atoms with Gasteiger partial charge in [0.05, 0.1) is 17.9 Å². The maximum Gasteiger partial charge on any atom is 0.168 e. The summed E-state index contributed by atoms with van der Waals surface area (Å²) in [4.78, 5) is 14.1. The SMILES string of the molecule is CC(=CSC(C)N)C(=O)C(CO)c1ccc(O)c(-n2nc3ccccc3n2)c1. The number of hydrogen-bond donors (Lipinski definition) is 3. The highest BCUT2D eigenvalue weighted by molar-refractivity contribution is 8.02. The van der Waals surface area contributed by atoms with Gasteiger partial charge in [0, 0.05) is 0 Å². The molecule has 1 heterocycles. The molecule has 2 aromatic carbocycles. The van der Waals surface area contributed by atoms with Gasteiger partial charge in [0.15, 0.2) is 5.78 Å². The van der Waals surface area contributed by atoms with Crippen molar-refractivity contribution in [3.05, 3.63) is 59.0 Å². The number of nitrogens with zero attached hydrogens (tertiary/aromatic N) is 3. The van der Waals surface area contributed by atoms with Crippen molar-refractivity contribution in [2.45, 2.75) is 25.1 Å². The number of Topliss-reactive ketones (excluding diaryl/α,β-unsaturated/α-hetero) is 1. The van der Waals surface area contributed by atoms with Gasteiger partial charge in [-0.05, 0) is 54.7 Å². The van der Waals surface area contributed by atoms with E-state index in [0.29, 0.717) is 27.9 Å². The van der Waals surface area contributed by atoms with Gasteiger partial charge in [0.2, 0.25) is 0 Å². The average molecular weight is 398 g/mol. The molecule has 28 heavy (non-hydrogen) atoms. The van der Waals surface area contributed by atoms with Crippen LogP contribution in [0.3, 0.4) is 0 Å². The summed E-state index contributed by atoms with van der Waals surface area (Å²) < 4.78 is 0. The molecule has 3 rings (SSSR count). The Hall–Kier alpha value is -2.68. The second kappa shape index (κ2) is 8.55. The Bertz CT molecular complexity index is 996. The van der Waals surface area contributed by atoms with E-state index in [2.05, 4.69) is 10.2 Å². The number of phenolic OH excluding ortho intramolecular Hbond substituents is 1. The van der Waals surface area contributed by atoms with Crippen LogP contribution in [0.15, 0.2) is 53.4 Å². The minimum atomic E-state index is -0.755. The first kappa shape index (κ1) is 20.1. The predicted octanol–water partition coefficient (Wildman–Crippen LogP) is 2.71. The number of aliphatic hydroxyl groups is 1. The molecule has 4 N–H and O–H groups in total. The van der Waals surface area contributed by atoms with E-state index >= 15 is 0 Å². The molecule has 0 radical (unpaired) electrons. The predicted molar refractivity (Wildman–Crippen MR) is 110 cm³/mol. The molecule has 2 unspecified atom stereocenters. The maximum atomic E-state index is 12.8. The molecule has 1 aromatic heterocycles. The van der Waals surface area contributed by atoms with Gasteiger partial charge in [0.1, 0.15) is 22.5 Å². The summed E-state index contributed by atoms with van der Waals surface area (Å²) in [7, 11) is 0. The number of allylic oxidation sites excluding steroid dienone is 1. The molecule has 8 heteroatoms. The van der Waals surface area contributed by atoms with Gasteiger partial charge in [-0.1, -0.05) is 18.2 Å². The normalized spacial score (nSPS) is 14.2. The number of nitrogens with two attached hydrogens (primary N) is 1. The zero-order valence-corrected chi connectivity index (χ0v) is 16.4. The van der Waals surface area contributed by atoms with Crippen molar-refractivity contribution < 1.29 is 15.0 Å². The number of phenols is 1. The summed E-state index contributed by atoms with van der Waals surface area (Å²) in [5.74, 6) is -0.979. The first-order chi connectivity index (χ1) is 13.4. The zero-order chi connectivity index (χ0) is 20.3. The summed E-state index contributed by atoms with van der Waals surface area (Å²) in [5.41, 5.74) is 8.51. The van der Waals surface area contributed by atoms with E-state index in [9.17, 15) is 15.0 Å². The van der Waals surface area contributed by atoms with Gasteiger partial charge in [-0.3, -0.25) is 4.79 Å². The van der Waals surface area contributed by atoms with Crippen LogP contribution in [-0.2, 0) is 4.79 Å². The Kier molecular flexibility index (Phi) is 6.13. The highest BCUT2D eigenvalue weighted by Crippen LogP contribution is 2.29. The number of fused-ring (bicyclic) bond motifs is 1. The molecule has 0 saturated heterocycles. The topological polar surface area (TPSA) is 114 Å². The van der Waals surface area contributed by atoms with Crippen molar-refractivity contribution >= 4 is 28.6 Å². The van der Waals surface area contributed by atoms with Crippen LogP contribution in [0.5, 0.6) is 5.75 Å². The maximum absolute atomic E-state index is 12.8. The number of hydrogen-bond acceptors (Lipinski definition) is 7. The highest BCUT2D eigenvalue weighted by Gasteiger charge is 2.23. The number of aromatic hydroxyl groups is 1. The fourth-order valence-electron chi connectivity index (χ4n) is 2.77. The quantitative estimate of drug-likeness (QED) is 0.414. The molecule has 0 aliphatic carbocycles. The Morgan fingerprint density at radius 2 is 1.89 bits per heavy atom. The van der Waals surface area contributed by atoms with Gasteiger partial charge in [-0.25, -0.2) is 0 Å². The molecule has 2 atom stereocenters. The van der Waals surface area contributed by atoms with Crippen LogP contribution in [-0.4, -0.2) is 43.0 Å². The number of thioether (sulfide) groups is 1. The molecule has 0 spiro atoms. The molecule has 146 valence electrons. The van der Waals surface area contributed by atoms with Crippen LogP contribution in [0.2, 0.25) is 0 Å². The molecule has 0 aliphatic heterocycles. The third kappa shape index (κ3) is 4.24. The van der Waals surface area contributed by atoms with Gasteiger partial charge >= 0.3 is 0 Å². The average Bonchev–Trinajstić information content (AvgIpc) is 3.11. The largest absolute Gasteiger partial charge is 0.506 e. The van der Waals surface area contributed by atoms with Crippen molar-refractivity contribution in [3.63, 3.8) is 0 Å². The zero-order valence-electron chi connectivity index (χ0n) is 15.6. The molecule has 3 aromatic rings. The van der Waals surface area contributed by atoms with Crippen LogP contribution in [0, 0.1) is 0 Å². The highest BCUT2D eigenvalue weighted by atomic mass is 32.2. The second-order valence-electron chi connectivity index (χ2n) is 6.47. The lowest BCUT2D eigenvalue weighted by Gasteiger charge is -2.16. The third-order valence-corrected chi connectivity index (χ3v) is 5.17. The van der Waals surface area contributed by atoms with Crippen LogP contribution >= 0.6 is 11.8 Å². The van der Waals surface area contributed by atoms with E-state index in [0.717, 1.165) is 0 Å². The van der Waals surface area contributed by atoms with Crippen molar-refractivity contribution in [2.75, 3.05) is 6.61 Å².